The zero-order chi connectivity index (χ0) is 13.1. The highest BCUT2D eigenvalue weighted by Crippen LogP contribution is 2.15. The third-order valence-corrected chi connectivity index (χ3v) is 4.41. The monoisotopic (exact) mass is 277 g/mol. The molecule has 0 saturated carbocycles. The second-order valence-corrected chi connectivity index (χ2v) is 6.07. The van der Waals surface area contributed by atoms with E-state index in [9.17, 15) is 17.4 Å². The summed E-state index contributed by atoms with van der Waals surface area (Å²) in [6.45, 7) is 0.283. The fraction of sp³-hybridized carbons (Fsp3) is 0.500. The van der Waals surface area contributed by atoms with Crippen LogP contribution in [0.4, 0.5) is 13.2 Å². The van der Waals surface area contributed by atoms with Gasteiger partial charge in [-0.05, 0) is 30.5 Å². The second kappa shape index (κ2) is 5.84. The highest BCUT2D eigenvalue weighted by molar-refractivity contribution is 7.85. The molecule has 1 N–H and O–H groups in total. The molecule has 1 aromatic rings. The molecule has 1 aliphatic heterocycles. The Kier molecular flexibility index (Phi) is 4.40. The minimum atomic E-state index is -1.44. The summed E-state index contributed by atoms with van der Waals surface area (Å²) >= 11 is 0. The van der Waals surface area contributed by atoms with Crippen molar-refractivity contribution in [3.63, 3.8) is 0 Å². The minimum absolute atomic E-state index is 0.207. The Morgan fingerprint density at radius 2 is 1.72 bits per heavy atom. The lowest BCUT2D eigenvalue weighted by Gasteiger charge is -2.22. The molecule has 1 fully saturated rings. The fourth-order valence-electron chi connectivity index (χ4n) is 1.97. The molecule has 1 heterocycles. The number of halogens is 3. The molecule has 1 aliphatic rings. The van der Waals surface area contributed by atoms with Gasteiger partial charge in [0.05, 0.1) is 0 Å². The lowest BCUT2D eigenvalue weighted by atomic mass is 10.1. The quantitative estimate of drug-likeness (QED) is 0.857. The van der Waals surface area contributed by atoms with Crippen molar-refractivity contribution >= 4 is 10.8 Å². The zero-order valence-corrected chi connectivity index (χ0v) is 10.5. The third-order valence-electron chi connectivity index (χ3n) is 3.03. The Balaban J connectivity index is 1.92. The molecule has 2 rings (SSSR count). The van der Waals surface area contributed by atoms with Crippen molar-refractivity contribution in [3.8, 4) is 0 Å². The van der Waals surface area contributed by atoms with Crippen molar-refractivity contribution < 1.29 is 17.4 Å². The summed E-state index contributed by atoms with van der Waals surface area (Å²) in [7, 11) is -0.729. The van der Waals surface area contributed by atoms with E-state index in [4.69, 9.17) is 0 Å². The summed E-state index contributed by atoms with van der Waals surface area (Å²) in [4.78, 5) is 0. The van der Waals surface area contributed by atoms with E-state index in [2.05, 4.69) is 5.32 Å². The van der Waals surface area contributed by atoms with Gasteiger partial charge in [-0.1, -0.05) is 0 Å². The highest BCUT2D eigenvalue weighted by Gasteiger charge is 2.17. The van der Waals surface area contributed by atoms with E-state index in [0.717, 1.165) is 25.0 Å². The molecule has 6 heteroatoms. The van der Waals surface area contributed by atoms with E-state index in [-0.39, 0.29) is 12.6 Å². The van der Waals surface area contributed by atoms with Crippen LogP contribution in [0.25, 0.3) is 0 Å². The molecule has 0 aromatic heterocycles. The average molecular weight is 277 g/mol. The van der Waals surface area contributed by atoms with Crippen LogP contribution in [-0.4, -0.2) is 21.8 Å². The summed E-state index contributed by atoms with van der Waals surface area (Å²) in [5.74, 6) is -2.46. The maximum atomic E-state index is 13.0. The summed E-state index contributed by atoms with van der Waals surface area (Å²) < 4.78 is 49.8. The molecule has 1 saturated heterocycles. The molecule has 0 bridgehead atoms. The van der Waals surface area contributed by atoms with Crippen LogP contribution in [0.2, 0.25) is 0 Å². The van der Waals surface area contributed by atoms with Gasteiger partial charge in [-0.2, -0.15) is 0 Å². The highest BCUT2D eigenvalue weighted by atomic mass is 32.2. The number of hydrogen-bond acceptors (Lipinski definition) is 2. The molecule has 0 spiro atoms. The summed E-state index contributed by atoms with van der Waals surface area (Å²) in [6.07, 6.45) is 1.58. The van der Waals surface area contributed by atoms with Crippen LogP contribution < -0.4 is 5.32 Å². The van der Waals surface area contributed by atoms with Crippen LogP contribution in [0.15, 0.2) is 12.1 Å². The number of rotatable bonds is 3. The predicted molar refractivity (Wildman–Crippen MR) is 64.1 cm³/mol. The van der Waals surface area contributed by atoms with Crippen LogP contribution in [0.3, 0.4) is 0 Å². The summed E-state index contributed by atoms with van der Waals surface area (Å²) in [6, 6.07) is 2.19. The normalized spacial score (nSPS) is 24.2. The number of hydrogen-bond donors (Lipinski definition) is 1. The van der Waals surface area contributed by atoms with E-state index < -0.39 is 28.3 Å². The smallest absolute Gasteiger partial charge is 0.194 e. The lowest BCUT2D eigenvalue weighted by Crippen LogP contribution is -2.35. The van der Waals surface area contributed by atoms with Gasteiger partial charge in [0.1, 0.15) is 0 Å². The third kappa shape index (κ3) is 3.32. The predicted octanol–water partition coefficient (Wildman–Crippen LogP) is 2.10. The largest absolute Gasteiger partial charge is 0.310 e. The van der Waals surface area contributed by atoms with Crippen molar-refractivity contribution in [1.29, 1.82) is 0 Å². The maximum Gasteiger partial charge on any atom is 0.194 e. The van der Waals surface area contributed by atoms with Crippen molar-refractivity contribution in [3.05, 3.63) is 35.1 Å². The standard InChI is InChI=1S/C12H14F3NOS/c13-10-5-8(6-11(14)12(10)15)7-16-9-1-3-18(17)4-2-9/h5-6,9,16H,1-4,7H2. The van der Waals surface area contributed by atoms with Gasteiger partial charge in [0.25, 0.3) is 0 Å². The van der Waals surface area contributed by atoms with Gasteiger partial charge in [-0.15, -0.1) is 0 Å². The Morgan fingerprint density at radius 1 is 1.17 bits per heavy atom. The Hall–Kier alpha value is -0.880. The number of nitrogens with one attached hydrogen (secondary N) is 1. The van der Waals surface area contributed by atoms with Gasteiger partial charge in [0.15, 0.2) is 17.5 Å². The van der Waals surface area contributed by atoms with Gasteiger partial charge >= 0.3 is 0 Å². The molecule has 18 heavy (non-hydrogen) atoms. The first-order valence-electron chi connectivity index (χ1n) is 5.78. The first-order valence-corrected chi connectivity index (χ1v) is 7.27. The van der Waals surface area contributed by atoms with Crippen LogP contribution >= 0.6 is 0 Å². The molecular formula is C12H14F3NOS. The molecule has 100 valence electrons. The van der Waals surface area contributed by atoms with Gasteiger partial charge in [0.2, 0.25) is 0 Å². The lowest BCUT2D eigenvalue weighted by molar-refractivity contribution is 0.439. The van der Waals surface area contributed by atoms with Crippen molar-refractivity contribution in [2.75, 3.05) is 11.5 Å². The Labute approximate surface area is 106 Å². The Morgan fingerprint density at radius 3 is 2.28 bits per heavy atom. The van der Waals surface area contributed by atoms with Crippen LogP contribution in [0.1, 0.15) is 18.4 Å². The first kappa shape index (κ1) is 13.5. The maximum absolute atomic E-state index is 13.0. The van der Waals surface area contributed by atoms with Crippen molar-refractivity contribution in [1.82, 2.24) is 5.32 Å². The van der Waals surface area contributed by atoms with Crippen LogP contribution in [-0.2, 0) is 17.3 Å². The minimum Gasteiger partial charge on any atom is -0.310 e. The van der Waals surface area contributed by atoms with E-state index in [0.29, 0.717) is 17.1 Å². The van der Waals surface area contributed by atoms with Crippen molar-refractivity contribution in [2.24, 2.45) is 0 Å². The molecule has 0 unspecified atom stereocenters. The summed E-state index contributed by atoms with van der Waals surface area (Å²) in [5, 5.41) is 3.14. The molecule has 2 nitrogen and oxygen atoms in total. The van der Waals surface area contributed by atoms with Crippen molar-refractivity contribution in [2.45, 2.75) is 25.4 Å². The molecule has 0 amide bonds. The van der Waals surface area contributed by atoms with Gasteiger partial charge in [0, 0.05) is 34.9 Å². The first-order chi connectivity index (χ1) is 8.56. The molecule has 0 radical (unpaired) electrons. The van der Waals surface area contributed by atoms with E-state index in [1.165, 1.54) is 0 Å². The number of benzene rings is 1. The zero-order valence-electron chi connectivity index (χ0n) is 9.72. The van der Waals surface area contributed by atoms with E-state index in [1.807, 2.05) is 0 Å². The molecule has 0 atom stereocenters. The van der Waals surface area contributed by atoms with Gasteiger partial charge in [-0.3, -0.25) is 4.21 Å². The molecule has 1 aromatic carbocycles. The molecular weight excluding hydrogens is 263 g/mol. The average Bonchev–Trinajstić information content (AvgIpc) is 2.35. The van der Waals surface area contributed by atoms with Gasteiger partial charge < -0.3 is 5.32 Å². The van der Waals surface area contributed by atoms with E-state index in [1.54, 1.807) is 0 Å². The topological polar surface area (TPSA) is 29.1 Å². The Bertz CT molecular complexity index is 434. The second-order valence-electron chi connectivity index (χ2n) is 4.38. The van der Waals surface area contributed by atoms with E-state index >= 15 is 0 Å². The van der Waals surface area contributed by atoms with Crippen LogP contribution in [0, 0.1) is 17.5 Å². The van der Waals surface area contributed by atoms with Crippen LogP contribution in [0.5, 0.6) is 0 Å². The molecule has 0 aliphatic carbocycles. The SMILES string of the molecule is O=S1CCC(NCc2cc(F)c(F)c(F)c2)CC1. The fourth-order valence-corrected chi connectivity index (χ4v) is 3.27. The van der Waals surface area contributed by atoms with Gasteiger partial charge in [-0.25, -0.2) is 13.2 Å². The summed E-state index contributed by atoms with van der Waals surface area (Å²) in [5.41, 5.74) is 0.373.